The quantitative estimate of drug-likeness (QED) is 0.794. The third-order valence-corrected chi connectivity index (χ3v) is 6.00. The largest absolute Gasteiger partial charge is 0.272 e. The zero-order valence-corrected chi connectivity index (χ0v) is 13.0. The minimum Gasteiger partial charge on any atom is -0.272 e. The van der Waals surface area contributed by atoms with Crippen LogP contribution in [0.3, 0.4) is 0 Å². The Morgan fingerprint density at radius 3 is 2.00 bits per heavy atom. The van der Waals surface area contributed by atoms with E-state index in [4.69, 9.17) is 0 Å². The zero-order valence-electron chi connectivity index (χ0n) is 10.6. The fraction of sp³-hybridized carbons (Fsp3) is 0.417. The summed E-state index contributed by atoms with van der Waals surface area (Å²) in [7, 11) is -3.59. The van der Waals surface area contributed by atoms with E-state index in [9.17, 15) is 13.2 Å². The highest BCUT2D eigenvalue weighted by Crippen LogP contribution is 2.42. The predicted molar refractivity (Wildman–Crippen MR) is 74.1 cm³/mol. The van der Waals surface area contributed by atoms with Gasteiger partial charge in [-0.2, -0.15) is 0 Å². The fourth-order valence-electron chi connectivity index (χ4n) is 2.10. The Hall–Kier alpha value is -0.880. The molecule has 0 radical (unpaired) electrons. The summed E-state index contributed by atoms with van der Waals surface area (Å²) < 4.78 is 24.8. The van der Waals surface area contributed by atoms with Crippen LogP contribution >= 0.6 is 15.9 Å². The topological polar surface area (TPSA) is 54.5 Å². The molecule has 0 unspecified atom stereocenters. The molecule has 0 atom stereocenters. The summed E-state index contributed by atoms with van der Waals surface area (Å²) in [6.45, 7) is 6.46. The van der Waals surface area contributed by atoms with Crippen LogP contribution in [-0.4, -0.2) is 19.1 Å². The number of carbonyl (C=O) groups is 1. The number of rotatable bonds is 1. The number of benzene rings is 1. The Morgan fingerprint density at radius 2 is 1.61 bits per heavy atom. The van der Waals surface area contributed by atoms with E-state index in [1.807, 2.05) is 0 Å². The van der Waals surface area contributed by atoms with Crippen LogP contribution in [0.5, 0.6) is 0 Å². The molecule has 1 aliphatic heterocycles. The van der Waals surface area contributed by atoms with Gasteiger partial charge in [0, 0.05) is 4.47 Å². The number of carbonyl (C=O) groups excluding carboxylic acids is 1. The number of sulfonamides is 1. The molecule has 1 aromatic rings. The Morgan fingerprint density at radius 1 is 1.17 bits per heavy atom. The summed E-state index contributed by atoms with van der Waals surface area (Å²) >= 11 is 3.35. The molecule has 0 saturated carbocycles. The molecule has 0 aliphatic carbocycles. The van der Waals surface area contributed by atoms with Gasteiger partial charge in [-0.05, 0) is 51.0 Å². The molecule has 4 nitrogen and oxygen atoms in total. The van der Waals surface area contributed by atoms with Gasteiger partial charge in [0.15, 0.2) is 4.75 Å². The van der Waals surface area contributed by atoms with Crippen LogP contribution in [0.15, 0.2) is 16.6 Å². The highest BCUT2D eigenvalue weighted by Gasteiger charge is 2.61. The van der Waals surface area contributed by atoms with Crippen molar-refractivity contribution in [2.24, 2.45) is 0 Å². The van der Waals surface area contributed by atoms with Gasteiger partial charge in [0.1, 0.15) is 0 Å². The monoisotopic (exact) mass is 331 g/mol. The van der Waals surface area contributed by atoms with Crippen molar-refractivity contribution in [2.75, 3.05) is 4.31 Å². The normalized spacial score (nSPS) is 20.7. The lowest BCUT2D eigenvalue weighted by molar-refractivity contribution is -0.120. The molecule has 1 fully saturated rings. The Kier molecular flexibility index (Phi) is 2.86. The first-order valence-electron chi connectivity index (χ1n) is 5.47. The number of halogens is 1. The van der Waals surface area contributed by atoms with Crippen molar-refractivity contribution in [1.82, 2.24) is 0 Å². The maximum absolute atomic E-state index is 12.2. The molecule has 0 spiro atoms. The van der Waals surface area contributed by atoms with E-state index in [2.05, 4.69) is 15.9 Å². The molecule has 0 bridgehead atoms. The highest BCUT2D eigenvalue weighted by molar-refractivity contribution is 9.10. The maximum Gasteiger partial charge on any atom is 0.263 e. The Labute approximate surface area is 115 Å². The van der Waals surface area contributed by atoms with E-state index in [-0.39, 0.29) is 5.91 Å². The van der Waals surface area contributed by atoms with Crippen molar-refractivity contribution in [3.05, 3.63) is 27.7 Å². The average Bonchev–Trinajstić information content (AvgIpc) is 2.21. The molecule has 0 N–H and O–H groups in total. The van der Waals surface area contributed by atoms with Crippen molar-refractivity contribution >= 4 is 37.5 Å². The van der Waals surface area contributed by atoms with E-state index < -0.39 is 14.8 Å². The number of aryl methyl sites for hydroxylation is 2. The summed E-state index contributed by atoms with van der Waals surface area (Å²) in [5.41, 5.74) is 1.99. The van der Waals surface area contributed by atoms with Crippen LogP contribution in [-0.2, 0) is 14.8 Å². The molecule has 0 aromatic heterocycles. The van der Waals surface area contributed by atoms with Crippen LogP contribution in [0, 0.1) is 13.8 Å². The lowest BCUT2D eigenvalue weighted by Gasteiger charge is -2.44. The van der Waals surface area contributed by atoms with Gasteiger partial charge >= 0.3 is 0 Å². The molecule has 2 rings (SSSR count). The van der Waals surface area contributed by atoms with Gasteiger partial charge < -0.3 is 0 Å². The summed E-state index contributed by atoms with van der Waals surface area (Å²) in [6.07, 6.45) is 0. The van der Waals surface area contributed by atoms with Gasteiger partial charge in [-0.15, -0.1) is 0 Å². The van der Waals surface area contributed by atoms with Crippen LogP contribution in [0.2, 0.25) is 0 Å². The van der Waals surface area contributed by atoms with Gasteiger partial charge in [0.05, 0.1) is 5.69 Å². The van der Waals surface area contributed by atoms with Crippen LogP contribution in [0.25, 0.3) is 0 Å². The standard InChI is InChI=1S/C12H14BrNO3S/c1-7-5-9(13)6-8(2)10(7)14-11(15)12(3,4)18(14,16)17/h5-6H,1-4H3. The minimum atomic E-state index is -3.59. The molecular formula is C12H14BrNO3S. The van der Waals surface area contributed by atoms with Crippen molar-refractivity contribution in [1.29, 1.82) is 0 Å². The molecule has 6 heteroatoms. The summed E-state index contributed by atoms with van der Waals surface area (Å²) in [5, 5.41) is 0. The predicted octanol–water partition coefficient (Wildman–Crippen LogP) is 2.52. The van der Waals surface area contributed by atoms with Crippen molar-refractivity contribution in [2.45, 2.75) is 32.4 Å². The maximum atomic E-state index is 12.2. The van der Waals surface area contributed by atoms with E-state index in [1.54, 1.807) is 26.0 Å². The second-order valence-electron chi connectivity index (χ2n) is 4.97. The van der Waals surface area contributed by atoms with Crippen LogP contribution < -0.4 is 4.31 Å². The van der Waals surface area contributed by atoms with Gasteiger partial charge in [-0.1, -0.05) is 15.9 Å². The molecule has 18 heavy (non-hydrogen) atoms. The van der Waals surface area contributed by atoms with Gasteiger partial charge in [-0.3, -0.25) is 4.79 Å². The van der Waals surface area contributed by atoms with E-state index in [0.29, 0.717) is 5.69 Å². The Bertz CT molecular complexity index is 626. The molecule has 98 valence electrons. The molecule has 1 aromatic carbocycles. The average molecular weight is 332 g/mol. The second kappa shape index (κ2) is 3.81. The SMILES string of the molecule is Cc1cc(Br)cc(C)c1N1C(=O)C(C)(C)S1(=O)=O. The number of nitrogens with zero attached hydrogens (tertiary/aromatic N) is 1. The van der Waals surface area contributed by atoms with E-state index >= 15 is 0 Å². The van der Waals surface area contributed by atoms with Crippen LogP contribution in [0.4, 0.5) is 5.69 Å². The van der Waals surface area contributed by atoms with Crippen LogP contribution in [0.1, 0.15) is 25.0 Å². The fourth-order valence-corrected chi connectivity index (χ4v) is 4.40. The number of hydrogen-bond donors (Lipinski definition) is 0. The molecule has 1 heterocycles. The third-order valence-electron chi connectivity index (χ3n) is 3.24. The zero-order chi connectivity index (χ0) is 13.9. The van der Waals surface area contributed by atoms with Crippen molar-refractivity contribution in [3.8, 4) is 0 Å². The van der Waals surface area contributed by atoms with Crippen molar-refractivity contribution < 1.29 is 13.2 Å². The summed E-state index contributed by atoms with van der Waals surface area (Å²) in [5.74, 6) is -0.379. The van der Waals surface area contributed by atoms with Gasteiger partial charge in [0.2, 0.25) is 0 Å². The third kappa shape index (κ3) is 1.55. The molecule has 1 amide bonds. The van der Waals surface area contributed by atoms with Gasteiger partial charge in [0.25, 0.3) is 15.9 Å². The molecule has 1 saturated heterocycles. The first-order chi connectivity index (χ1) is 8.10. The summed E-state index contributed by atoms with van der Waals surface area (Å²) in [6, 6.07) is 3.60. The molecule has 1 aliphatic rings. The second-order valence-corrected chi connectivity index (χ2v) is 8.22. The Balaban J connectivity index is 2.64. The molecular weight excluding hydrogens is 318 g/mol. The first-order valence-corrected chi connectivity index (χ1v) is 7.70. The highest BCUT2D eigenvalue weighted by atomic mass is 79.9. The van der Waals surface area contributed by atoms with E-state index in [0.717, 1.165) is 19.9 Å². The number of anilines is 1. The van der Waals surface area contributed by atoms with Crippen molar-refractivity contribution in [3.63, 3.8) is 0 Å². The van der Waals surface area contributed by atoms with E-state index in [1.165, 1.54) is 13.8 Å². The summed E-state index contributed by atoms with van der Waals surface area (Å²) in [4.78, 5) is 12.0. The lowest BCUT2D eigenvalue weighted by atomic mass is 10.1. The minimum absolute atomic E-state index is 0.379. The van der Waals surface area contributed by atoms with Gasteiger partial charge in [-0.25, -0.2) is 12.7 Å². The first kappa shape index (κ1) is 13.5. The number of hydrogen-bond acceptors (Lipinski definition) is 3. The number of amides is 1. The smallest absolute Gasteiger partial charge is 0.263 e. The lowest BCUT2D eigenvalue weighted by Crippen LogP contribution is -2.68.